The first-order valence-electron chi connectivity index (χ1n) is 11.9. The van der Waals surface area contributed by atoms with Crippen molar-refractivity contribution in [1.29, 1.82) is 0 Å². The van der Waals surface area contributed by atoms with Gasteiger partial charge in [-0.1, -0.05) is 68.4 Å². The van der Waals surface area contributed by atoms with Crippen molar-refractivity contribution < 1.29 is 9.47 Å². The summed E-state index contributed by atoms with van der Waals surface area (Å²) in [5, 5.41) is 0. The van der Waals surface area contributed by atoms with Gasteiger partial charge in [0.25, 0.3) is 0 Å². The maximum atomic E-state index is 6.46. The second-order valence-electron chi connectivity index (χ2n) is 9.66. The Morgan fingerprint density at radius 3 is 1.94 bits per heavy atom. The number of benzene rings is 4. The molecular weight excluding hydrogens is 430 g/mol. The molecule has 0 saturated heterocycles. The van der Waals surface area contributed by atoms with Crippen molar-refractivity contribution in [2.24, 2.45) is 0 Å². The molecule has 5 aromatic rings. The first kappa shape index (κ1) is 20.0. The second kappa shape index (κ2) is 7.31. The molecule has 35 heavy (non-hydrogen) atoms. The molecule has 0 fully saturated rings. The van der Waals surface area contributed by atoms with E-state index in [0.29, 0.717) is 0 Å². The van der Waals surface area contributed by atoms with Crippen molar-refractivity contribution in [3.05, 3.63) is 115 Å². The zero-order chi connectivity index (χ0) is 23.6. The van der Waals surface area contributed by atoms with E-state index in [1.54, 1.807) is 0 Å². The van der Waals surface area contributed by atoms with Crippen LogP contribution in [0.1, 0.15) is 25.0 Å². The minimum absolute atomic E-state index is 0.0783. The van der Waals surface area contributed by atoms with E-state index in [0.717, 1.165) is 45.3 Å². The normalized spacial score (nSPS) is 14.1. The van der Waals surface area contributed by atoms with Gasteiger partial charge in [-0.05, 0) is 80.9 Å². The van der Waals surface area contributed by atoms with Crippen molar-refractivity contribution in [2.75, 3.05) is 0 Å². The molecule has 1 aliphatic heterocycles. The SMILES string of the molecule is CC1(C)c2ccccc2-c2cc3c(cc21)Oc1ccc(-c2ccccc2-c2ccncc2)cc1O3. The third kappa shape index (κ3) is 3.01. The van der Waals surface area contributed by atoms with Crippen molar-refractivity contribution in [1.82, 2.24) is 4.98 Å². The predicted molar refractivity (Wildman–Crippen MR) is 139 cm³/mol. The Bertz CT molecular complexity index is 1620. The van der Waals surface area contributed by atoms with Gasteiger partial charge in [-0.2, -0.15) is 0 Å². The number of ether oxygens (including phenoxy) is 2. The smallest absolute Gasteiger partial charge is 0.170 e. The summed E-state index contributed by atoms with van der Waals surface area (Å²) in [5.41, 5.74) is 9.52. The molecule has 0 atom stereocenters. The lowest BCUT2D eigenvalue weighted by atomic mass is 9.82. The Balaban J connectivity index is 1.31. The van der Waals surface area contributed by atoms with E-state index in [1.807, 2.05) is 30.6 Å². The van der Waals surface area contributed by atoms with Crippen LogP contribution in [0.2, 0.25) is 0 Å². The van der Waals surface area contributed by atoms with Gasteiger partial charge < -0.3 is 9.47 Å². The average Bonchev–Trinajstić information content (AvgIpc) is 3.12. The average molecular weight is 454 g/mol. The molecule has 0 amide bonds. The molecule has 3 heteroatoms. The van der Waals surface area contributed by atoms with Crippen LogP contribution in [0.5, 0.6) is 23.0 Å². The fraction of sp³-hybridized carbons (Fsp3) is 0.0938. The Hall–Kier alpha value is -4.37. The van der Waals surface area contributed by atoms with E-state index in [1.165, 1.54) is 22.3 Å². The third-order valence-electron chi connectivity index (χ3n) is 7.26. The highest BCUT2D eigenvalue weighted by Crippen LogP contribution is 2.55. The van der Waals surface area contributed by atoms with E-state index in [2.05, 4.69) is 91.6 Å². The molecule has 0 N–H and O–H groups in total. The molecule has 0 radical (unpaired) electrons. The molecule has 0 unspecified atom stereocenters. The summed E-state index contributed by atoms with van der Waals surface area (Å²) in [5.74, 6) is 2.98. The van der Waals surface area contributed by atoms with E-state index >= 15 is 0 Å². The van der Waals surface area contributed by atoms with Gasteiger partial charge in [-0.3, -0.25) is 4.98 Å². The maximum Gasteiger partial charge on any atom is 0.170 e. The van der Waals surface area contributed by atoms with Crippen LogP contribution in [0.4, 0.5) is 0 Å². The number of hydrogen-bond acceptors (Lipinski definition) is 3. The van der Waals surface area contributed by atoms with E-state index in [-0.39, 0.29) is 5.41 Å². The molecule has 0 bridgehead atoms. The van der Waals surface area contributed by atoms with Crippen LogP contribution < -0.4 is 9.47 Å². The topological polar surface area (TPSA) is 31.4 Å². The molecule has 2 heterocycles. The van der Waals surface area contributed by atoms with Crippen LogP contribution in [0.3, 0.4) is 0 Å². The highest BCUT2D eigenvalue weighted by atomic mass is 16.6. The van der Waals surface area contributed by atoms with Crippen molar-refractivity contribution >= 4 is 0 Å². The van der Waals surface area contributed by atoms with Gasteiger partial charge in [0.2, 0.25) is 0 Å². The zero-order valence-electron chi connectivity index (χ0n) is 19.6. The number of aromatic nitrogens is 1. The fourth-order valence-electron chi connectivity index (χ4n) is 5.46. The third-order valence-corrected chi connectivity index (χ3v) is 7.26. The van der Waals surface area contributed by atoms with E-state index in [4.69, 9.17) is 9.47 Å². The molecule has 0 saturated carbocycles. The number of pyridine rings is 1. The van der Waals surface area contributed by atoms with Crippen molar-refractivity contribution in [2.45, 2.75) is 19.3 Å². The van der Waals surface area contributed by atoms with Crippen molar-refractivity contribution in [3.63, 3.8) is 0 Å². The first-order valence-corrected chi connectivity index (χ1v) is 11.9. The maximum absolute atomic E-state index is 6.46. The Morgan fingerprint density at radius 2 is 1.14 bits per heavy atom. The highest BCUT2D eigenvalue weighted by molar-refractivity contribution is 5.85. The van der Waals surface area contributed by atoms with Crippen LogP contribution in [-0.2, 0) is 5.41 Å². The van der Waals surface area contributed by atoms with Gasteiger partial charge in [0.05, 0.1) is 0 Å². The summed E-state index contributed by atoms with van der Waals surface area (Å²) in [4.78, 5) is 4.16. The van der Waals surface area contributed by atoms with Gasteiger partial charge in [0, 0.05) is 17.8 Å². The monoisotopic (exact) mass is 453 g/mol. The molecule has 168 valence electrons. The second-order valence-corrected chi connectivity index (χ2v) is 9.66. The Labute approximate surface area is 204 Å². The Kier molecular flexibility index (Phi) is 4.19. The summed E-state index contributed by atoms with van der Waals surface area (Å²) < 4.78 is 12.8. The summed E-state index contributed by atoms with van der Waals surface area (Å²) in [6.07, 6.45) is 3.65. The molecule has 3 nitrogen and oxygen atoms in total. The number of nitrogens with zero attached hydrogens (tertiary/aromatic N) is 1. The van der Waals surface area contributed by atoms with Gasteiger partial charge >= 0.3 is 0 Å². The summed E-state index contributed by atoms with van der Waals surface area (Å²) in [7, 11) is 0. The molecule has 4 aromatic carbocycles. The first-order chi connectivity index (χ1) is 17.1. The molecular formula is C32H23NO2. The molecule has 1 aliphatic carbocycles. The summed E-state index contributed by atoms with van der Waals surface area (Å²) >= 11 is 0. The molecule has 1 aromatic heterocycles. The van der Waals surface area contributed by atoms with Gasteiger partial charge in [-0.25, -0.2) is 0 Å². The lowest BCUT2D eigenvalue weighted by Crippen LogP contribution is -2.15. The number of fused-ring (bicyclic) bond motifs is 5. The standard InChI is InChI=1S/C32H23NO2/c1-32(2)26-10-6-5-9-24(26)25-18-30-31(19-27(25)32)34-28-12-11-21(17-29(28)35-30)23-8-4-3-7-22(23)20-13-15-33-16-14-20/h3-19H,1-2H3. The minimum Gasteiger partial charge on any atom is -0.450 e. The zero-order valence-corrected chi connectivity index (χ0v) is 19.6. The quantitative estimate of drug-likeness (QED) is 0.263. The number of hydrogen-bond donors (Lipinski definition) is 0. The molecule has 7 rings (SSSR count). The largest absolute Gasteiger partial charge is 0.450 e. The van der Waals surface area contributed by atoms with Crippen LogP contribution in [0.15, 0.2) is 103 Å². The lowest BCUT2D eigenvalue weighted by molar-refractivity contribution is 0.359. The lowest BCUT2D eigenvalue weighted by Gasteiger charge is -2.25. The Morgan fingerprint density at radius 1 is 0.514 bits per heavy atom. The van der Waals surface area contributed by atoms with E-state index < -0.39 is 0 Å². The van der Waals surface area contributed by atoms with Gasteiger partial charge in [-0.15, -0.1) is 0 Å². The van der Waals surface area contributed by atoms with Gasteiger partial charge in [0.1, 0.15) is 0 Å². The van der Waals surface area contributed by atoms with Crippen LogP contribution in [0, 0.1) is 0 Å². The molecule has 0 spiro atoms. The van der Waals surface area contributed by atoms with Crippen LogP contribution >= 0.6 is 0 Å². The minimum atomic E-state index is -0.0783. The fourth-order valence-corrected chi connectivity index (χ4v) is 5.46. The van der Waals surface area contributed by atoms with Crippen molar-refractivity contribution in [3.8, 4) is 56.4 Å². The highest BCUT2D eigenvalue weighted by Gasteiger charge is 2.37. The summed E-state index contributed by atoms with van der Waals surface area (Å²) in [6.45, 7) is 4.54. The predicted octanol–water partition coefficient (Wildman–Crippen LogP) is 8.62. The molecule has 2 aliphatic rings. The van der Waals surface area contributed by atoms with E-state index in [9.17, 15) is 0 Å². The van der Waals surface area contributed by atoms with Gasteiger partial charge in [0.15, 0.2) is 23.0 Å². The summed E-state index contributed by atoms with van der Waals surface area (Å²) in [6, 6.07) is 31.6. The van der Waals surface area contributed by atoms with Crippen LogP contribution in [0.25, 0.3) is 33.4 Å². The van der Waals surface area contributed by atoms with Crippen LogP contribution in [-0.4, -0.2) is 4.98 Å². The number of rotatable bonds is 2.